The molecule has 1 saturated heterocycles. The Morgan fingerprint density at radius 3 is 2.83 bits per heavy atom. The van der Waals surface area contributed by atoms with Crippen LogP contribution in [-0.4, -0.2) is 19.1 Å². The molecule has 0 aliphatic carbocycles. The molecule has 2 nitrogen and oxygen atoms in total. The number of nitrogens with one attached hydrogen (secondary N) is 1. The topological polar surface area (TPSA) is 15.3 Å². The Kier molecular flexibility index (Phi) is 4.65. The van der Waals surface area contributed by atoms with E-state index in [1.54, 1.807) is 0 Å². The Balaban J connectivity index is 2.21. The fourth-order valence-electron chi connectivity index (χ4n) is 2.98. The summed E-state index contributed by atoms with van der Waals surface area (Å²) < 4.78 is 0. The molecule has 2 rings (SSSR count). The molecule has 1 unspecified atom stereocenters. The number of nitrogens with zero attached hydrogens (tertiary/aromatic N) is 1. The van der Waals surface area contributed by atoms with Gasteiger partial charge in [-0.05, 0) is 36.9 Å². The first-order chi connectivity index (χ1) is 8.74. The minimum atomic E-state index is 0.716. The summed E-state index contributed by atoms with van der Waals surface area (Å²) in [6, 6.07) is 9.57. The van der Waals surface area contributed by atoms with E-state index in [1.807, 2.05) is 0 Å². The number of hydrogen-bond acceptors (Lipinski definition) is 2. The number of rotatable bonds is 5. The van der Waals surface area contributed by atoms with Gasteiger partial charge in [-0.25, -0.2) is 0 Å². The van der Waals surface area contributed by atoms with Gasteiger partial charge in [0, 0.05) is 24.8 Å². The molecule has 18 heavy (non-hydrogen) atoms. The standard InChI is InChI=1S/C16H26N2/c1-4-17-12-14-8-5-6-9-16(14)18-11-7-10-15(18)13(2)3/h5-6,8-9,13,15,17H,4,7,10-12H2,1-3H3. The summed E-state index contributed by atoms with van der Waals surface area (Å²) >= 11 is 0. The van der Waals surface area contributed by atoms with E-state index in [1.165, 1.54) is 30.6 Å². The summed E-state index contributed by atoms with van der Waals surface area (Å²) in [5.74, 6) is 0.736. The maximum atomic E-state index is 3.45. The summed E-state index contributed by atoms with van der Waals surface area (Å²) in [5, 5.41) is 3.45. The van der Waals surface area contributed by atoms with Gasteiger partial charge in [0.1, 0.15) is 0 Å². The molecular weight excluding hydrogens is 220 g/mol. The highest BCUT2D eigenvalue weighted by atomic mass is 15.2. The van der Waals surface area contributed by atoms with E-state index >= 15 is 0 Å². The number of hydrogen-bond donors (Lipinski definition) is 1. The van der Waals surface area contributed by atoms with Gasteiger partial charge in [-0.3, -0.25) is 0 Å². The molecule has 0 spiro atoms. The summed E-state index contributed by atoms with van der Waals surface area (Å²) in [5.41, 5.74) is 2.88. The summed E-state index contributed by atoms with van der Waals surface area (Å²) in [6.45, 7) is 10.1. The highest BCUT2D eigenvalue weighted by molar-refractivity contribution is 5.55. The maximum absolute atomic E-state index is 3.45. The Hall–Kier alpha value is -1.02. The molecule has 0 amide bonds. The first-order valence-corrected chi connectivity index (χ1v) is 7.29. The van der Waals surface area contributed by atoms with Crippen molar-refractivity contribution >= 4 is 5.69 Å². The third-order valence-corrected chi connectivity index (χ3v) is 3.94. The number of anilines is 1. The molecule has 1 aliphatic rings. The monoisotopic (exact) mass is 246 g/mol. The highest BCUT2D eigenvalue weighted by Gasteiger charge is 2.28. The van der Waals surface area contributed by atoms with Crippen LogP contribution in [0.25, 0.3) is 0 Å². The van der Waals surface area contributed by atoms with E-state index in [2.05, 4.69) is 55.3 Å². The molecule has 1 aromatic rings. The Labute approximate surface area is 111 Å². The van der Waals surface area contributed by atoms with E-state index in [9.17, 15) is 0 Å². The van der Waals surface area contributed by atoms with Gasteiger partial charge in [-0.1, -0.05) is 39.0 Å². The van der Waals surface area contributed by atoms with Gasteiger partial charge in [-0.15, -0.1) is 0 Å². The van der Waals surface area contributed by atoms with Crippen LogP contribution in [0.5, 0.6) is 0 Å². The van der Waals surface area contributed by atoms with E-state index in [0.717, 1.165) is 19.0 Å². The molecule has 2 heteroatoms. The molecule has 1 aliphatic heterocycles. The second-order valence-corrected chi connectivity index (χ2v) is 5.56. The van der Waals surface area contributed by atoms with Crippen molar-refractivity contribution in [3.8, 4) is 0 Å². The Morgan fingerprint density at radius 2 is 2.11 bits per heavy atom. The summed E-state index contributed by atoms with van der Waals surface area (Å²) in [7, 11) is 0. The SMILES string of the molecule is CCNCc1ccccc1N1CCCC1C(C)C. The van der Waals surface area contributed by atoms with Crippen molar-refractivity contribution in [3.63, 3.8) is 0 Å². The second kappa shape index (κ2) is 6.24. The zero-order chi connectivity index (χ0) is 13.0. The molecule has 100 valence electrons. The van der Waals surface area contributed by atoms with Gasteiger partial charge in [0.2, 0.25) is 0 Å². The fraction of sp³-hybridized carbons (Fsp3) is 0.625. The van der Waals surface area contributed by atoms with Gasteiger partial charge in [0.05, 0.1) is 0 Å². The Bertz CT molecular complexity index is 373. The molecule has 0 radical (unpaired) electrons. The van der Waals surface area contributed by atoms with Crippen molar-refractivity contribution in [2.45, 2.75) is 46.2 Å². The van der Waals surface area contributed by atoms with Crippen LogP contribution in [0.4, 0.5) is 5.69 Å². The van der Waals surface area contributed by atoms with Crippen LogP contribution in [0.1, 0.15) is 39.2 Å². The zero-order valence-corrected chi connectivity index (χ0v) is 11.9. The molecule has 0 bridgehead atoms. The van der Waals surface area contributed by atoms with Crippen LogP contribution in [-0.2, 0) is 6.54 Å². The molecule has 1 fully saturated rings. The van der Waals surface area contributed by atoms with Gasteiger partial charge in [0.15, 0.2) is 0 Å². The van der Waals surface area contributed by atoms with Crippen molar-refractivity contribution in [2.24, 2.45) is 5.92 Å². The van der Waals surface area contributed by atoms with Gasteiger partial charge >= 0.3 is 0 Å². The Morgan fingerprint density at radius 1 is 1.33 bits per heavy atom. The maximum Gasteiger partial charge on any atom is 0.0414 e. The van der Waals surface area contributed by atoms with Crippen LogP contribution in [0, 0.1) is 5.92 Å². The quantitative estimate of drug-likeness (QED) is 0.856. The normalized spacial score (nSPS) is 19.8. The number of para-hydroxylation sites is 1. The lowest BCUT2D eigenvalue weighted by atomic mass is 10.0. The van der Waals surface area contributed by atoms with Crippen molar-refractivity contribution < 1.29 is 0 Å². The third kappa shape index (κ3) is 2.86. The van der Waals surface area contributed by atoms with Crippen molar-refractivity contribution in [1.29, 1.82) is 0 Å². The minimum Gasteiger partial charge on any atom is -0.368 e. The predicted molar refractivity (Wildman–Crippen MR) is 79.0 cm³/mol. The lowest BCUT2D eigenvalue weighted by Crippen LogP contribution is -2.34. The van der Waals surface area contributed by atoms with Crippen LogP contribution in [0.2, 0.25) is 0 Å². The number of benzene rings is 1. The lowest BCUT2D eigenvalue weighted by Gasteiger charge is -2.31. The minimum absolute atomic E-state index is 0.716. The molecule has 1 N–H and O–H groups in total. The third-order valence-electron chi connectivity index (χ3n) is 3.94. The van der Waals surface area contributed by atoms with E-state index in [4.69, 9.17) is 0 Å². The van der Waals surface area contributed by atoms with Crippen LogP contribution < -0.4 is 10.2 Å². The molecule has 1 atom stereocenters. The van der Waals surface area contributed by atoms with Crippen molar-refractivity contribution in [3.05, 3.63) is 29.8 Å². The van der Waals surface area contributed by atoms with Gasteiger partial charge < -0.3 is 10.2 Å². The second-order valence-electron chi connectivity index (χ2n) is 5.56. The largest absolute Gasteiger partial charge is 0.368 e. The predicted octanol–water partition coefficient (Wildman–Crippen LogP) is 3.42. The molecular formula is C16H26N2. The average molecular weight is 246 g/mol. The lowest BCUT2D eigenvalue weighted by molar-refractivity contribution is 0.491. The molecule has 1 aromatic carbocycles. The summed E-state index contributed by atoms with van der Waals surface area (Å²) in [6.07, 6.45) is 2.67. The van der Waals surface area contributed by atoms with Crippen molar-refractivity contribution in [1.82, 2.24) is 5.32 Å². The van der Waals surface area contributed by atoms with Crippen LogP contribution >= 0.6 is 0 Å². The van der Waals surface area contributed by atoms with Gasteiger partial charge in [0.25, 0.3) is 0 Å². The van der Waals surface area contributed by atoms with Crippen LogP contribution in [0.3, 0.4) is 0 Å². The summed E-state index contributed by atoms with van der Waals surface area (Å²) in [4.78, 5) is 2.62. The van der Waals surface area contributed by atoms with Crippen LogP contribution in [0.15, 0.2) is 24.3 Å². The van der Waals surface area contributed by atoms with E-state index < -0.39 is 0 Å². The molecule has 0 aromatic heterocycles. The first-order valence-electron chi connectivity index (χ1n) is 7.29. The zero-order valence-electron chi connectivity index (χ0n) is 11.9. The fourth-order valence-corrected chi connectivity index (χ4v) is 2.98. The molecule has 1 heterocycles. The van der Waals surface area contributed by atoms with E-state index in [0.29, 0.717) is 6.04 Å². The van der Waals surface area contributed by atoms with E-state index in [-0.39, 0.29) is 0 Å². The average Bonchev–Trinajstić information content (AvgIpc) is 2.86. The highest BCUT2D eigenvalue weighted by Crippen LogP contribution is 2.31. The molecule has 0 saturated carbocycles. The smallest absolute Gasteiger partial charge is 0.0414 e. The van der Waals surface area contributed by atoms with Crippen molar-refractivity contribution in [2.75, 3.05) is 18.0 Å². The van der Waals surface area contributed by atoms with Gasteiger partial charge in [-0.2, -0.15) is 0 Å². The first kappa shape index (κ1) is 13.4.